The Morgan fingerprint density at radius 3 is 2.58 bits per heavy atom. The predicted molar refractivity (Wildman–Crippen MR) is 117 cm³/mol. The summed E-state index contributed by atoms with van der Waals surface area (Å²) in [5.41, 5.74) is 0.988. The van der Waals surface area contributed by atoms with Gasteiger partial charge in [0.25, 0.3) is 5.56 Å². The van der Waals surface area contributed by atoms with E-state index in [9.17, 15) is 14.4 Å². The summed E-state index contributed by atoms with van der Waals surface area (Å²) in [6, 6.07) is 1.41. The van der Waals surface area contributed by atoms with Crippen molar-refractivity contribution in [3.8, 4) is 0 Å². The molecule has 0 atom stereocenters. The molecule has 4 aliphatic rings. The van der Waals surface area contributed by atoms with Crippen molar-refractivity contribution in [3.63, 3.8) is 0 Å². The molecular formula is C23H29N3O4S. The summed E-state index contributed by atoms with van der Waals surface area (Å²) >= 11 is 1.39. The first kappa shape index (κ1) is 20.7. The van der Waals surface area contributed by atoms with Crippen LogP contribution in [-0.2, 0) is 20.9 Å². The normalized spacial score (nSPS) is 28.7. The fourth-order valence-electron chi connectivity index (χ4n) is 6.41. The first-order chi connectivity index (χ1) is 14.9. The molecule has 2 aromatic heterocycles. The molecule has 4 bridgehead atoms. The fraction of sp³-hybridized carbons (Fsp3) is 0.652. The van der Waals surface area contributed by atoms with Gasteiger partial charge in [0.05, 0.1) is 5.69 Å². The van der Waals surface area contributed by atoms with E-state index in [0.29, 0.717) is 23.6 Å². The van der Waals surface area contributed by atoms with Crippen molar-refractivity contribution < 1.29 is 14.3 Å². The van der Waals surface area contributed by atoms with Crippen molar-refractivity contribution in [1.82, 2.24) is 14.7 Å². The Morgan fingerprint density at radius 1 is 1.23 bits per heavy atom. The maximum absolute atomic E-state index is 12.9. The molecule has 0 spiro atoms. The molecule has 0 saturated heterocycles. The zero-order valence-electron chi connectivity index (χ0n) is 17.9. The minimum Gasteiger partial charge on any atom is -0.459 e. The standard InChI is InChI=1S/C23H29N3O4S/c1-14-13-31-22-25-18(8-19(27)26(14)22)12-30-20(28)3-2-4-24-21(29)23-9-15-5-16(10-23)7-17(6-15)11-23/h8,13,15-17H,2-7,9-12H2,1H3,(H,24,29). The van der Waals surface area contributed by atoms with Gasteiger partial charge in [-0.2, -0.15) is 0 Å². The SMILES string of the molecule is Cc1csc2nc(COC(=O)CCCNC(=O)C34CC5CC(CC(C5)C3)C4)cc(=O)n12. The van der Waals surface area contributed by atoms with Crippen LogP contribution in [0.15, 0.2) is 16.2 Å². The maximum atomic E-state index is 12.9. The Bertz CT molecular complexity index is 1040. The van der Waals surface area contributed by atoms with Gasteiger partial charge in [-0.1, -0.05) is 0 Å². The second-order valence-electron chi connectivity index (χ2n) is 9.80. The second-order valence-corrected chi connectivity index (χ2v) is 10.6. The Morgan fingerprint density at radius 2 is 1.90 bits per heavy atom. The molecule has 2 heterocycles. The number of amides is 1. The van der Waals surface area contributed by atoms with E-state index in [4.69, 9.17) is 4.74 Å². The monoisotopic (exact) mass is 443 g/mol. The molecule has 2 aromatic rings. The summed E-state index contributed by atoms with van der Waals surface area (Å²) < 4.78 is 6.83. The molecule has 4 aliphatic carbocycles. The third-order valence-corrected chi connectivity index (χ3v) is 8.32. The largest absolute Gasteiger partial charge is 0.459 e. The number of aromatic nitrogens is 2. The van der Waals surface area contributed by atoms with Crippen LogP contribution in [0.1, 0.15) is 62.8 Å². The summed E-state index contributed by atoms with van der Waals surface area (Å²) in [6.07, 6.45) is 7.89. The number of aryl methyl sites for hydroxylation is 1. The summed E-state index contributed by atoms with van der Waals surface area (Å²) in [4.78, 5) is 42.2. The fourth-order valence-corrected chi connectivity index (χ4v) is 7.30. The number of nitrogens with zero attached hydrogens (tertiary/aromatic N) is 2. The maximum Gasteiger partial charge on any atom is 0.306 e. The highest BCUT2D eigenvalue weighted by molar-refractivity contribution is 7.15. The van der Waals surface area contributed by atoms with Crippen molar-refractivity contribution in [2.45, 2.75) is 64.9 Å². The highest BCUT2D eigenvalue weighted by atomic mass is 32.1. The second kappa shape index (κ2) is 8.04. The molecule has 7 nitrogen and oxygen atoms in total. The van der Waals surface area contributed by atoms with Crippen molar-refractivity contribution in [1.29, 1.82) is 0 Å². The van der Waals surface area contributed by atoms with Crippen LogP contribution < -0.4 is 10.9 Å². The third kappa shape index (κ3) is 4.02. The first-order valence-electron chi connectivity index (χ1n) is 11.3. The summed E-state index contributed by atoms with van der Waals surface area (Å²) in [5.74, 6) is 2.08. The van der Waals surface area contributed by atoms with Gasteiger partial charge in [-0.15, -0.1) is 11.3 Å². The molecule has 1 amide bonds. The lowest BCUT2D eigenvalue weighted by Crippen LogP contribution is -2.53. The molecule has 0 unspecified atom stereocenters. The van der Waals surface area contributed by atoms with Gasteiger partial charge in [0, 0.05) is 35.5 Å². The smallest absolute Gasteiger partial charge is 0.306 e. The Labute approximate surface area is 185 Å². The van der Waals surface area contributed by atoms with Crippen LogP contribution in [0, 0.1) is 30.1 Å². The van der Waals surface area contributed by atoms with Crippen LogP contribution >= 0.6 is 11.3 Å². The topological polar surface area (TPSA) is 89.8 Å². The zero-order valence-corrected chi connectivity index (χ0v) is 18.7. The van der Waals surface area contributed by atoms with Crippen LogP contribution in [-0.4, -0.2) is 27.8 Å². The number of hydrogen-bond donors (Lipinski definition) is 1. The average molecular weight is 444 g/mol. The van der Waals surface area contributed by atoms with Gasteiger partial charge in [0.2, 0.25) is 5.91 Å². The molecule has 6 rings (SSSR count). The lowest BCUT2D eigenvalue weighted by molar-refractivity contribution is -0.147. The summed E-state index contributed by atoms with van der Waals surface area (Å²) in [7, 11) is 0. The van der Waals surface area contributed by atoms with Gasteiger partial charge in [-0.25, -0.2) is 4.98 Å². The van der Waals surface area contributed by atoms with E-state index in [1.54, 1.807) is 4.40 Å². The highest BCUT2D eigenvalue weighted by Crippen LogP contribution is 2.60. The predicted octanol–water partition coefficient (Wildman–Crippen LogP) is 3.22. The minimum absolute atomic E-state index is 0.0127. The van der Waals surface area contributed by atoms with Gasteiger partial charge >= 0.3 is 5.97 Å². The molecular weight excluding hydrogens is 414 g/mol. The van der Waals surface area contributed by atoms with E-state index in [0.717, 1.165) is 42.7 Å². The van der Waals surface area contributed by atoms with Gasteiger partial charge in [-0.3, -0.25) is 18.8 Å². The Hall–Kier alpha value is -2.22. The van der Waals surface area contributed by atoms with E-state index in [1.807, 2.05) is 12.3 Å². The van der Waals surface area contributed by atoms with Crippen LogP contribution in [0.4, 0.5) is 0 Å². The summed E-state index contributed by atoms with van der Waals surface area (Å²) in [6.45, 7) is 2.34. The number of hydrogen-bond acceptors (Lipinski definition) is 6. The Kier molecular flexibility index (Phi) is 5.36. The van der Waals surface area contributed by atoms with E-state index in [-0.39, 0.29) is 35.9 Å². The first-order valence-corrected chi connectivity index (χ1v) is 12.2. The molecule has 0 aliphatic heterocycles. The molecule has 4 fully saturated rings. The molecule has 4 saturated carbocycles. The highest BCUT2D eigenvalue weighted by Gasteiger charge is 2.54. The number of thiazole rings is 1. The molecule has 31 heavy (non-hydrogen) atoms. The zero-order chi connectivity index (χ0) is 21.6. The molecule has 0 aromatic carbocycles. The van der Waals surface area contributed by atoms with E-state index < -0.39 is 0 Å². The van der Waals surface area contributed by atoms with Crippen LogP contribution in [0.3, 0.4) is 0 Å². The number of carbonyl (C=O) groups is 2. The van der Waals surface area contributed by atoms with Crippen LogP contribution in [0.5, 0.6) is 0 Å². The molecule has 0 radical (unpaired) electrons. The van der Waals surface area contributed by atoms with Gasteiger partial charge in [0.15, 0.2) is 4.96 Å². The third-order valence-electron chi connectivity index (χ3n) is 7.37. The number of fused-ring (bicyclic) bond motifs is 1. The minimum atomic E-state index is -0.339. The average Bonchev–Trinajstić information content (AvgIpc) is 3.09. The lowest BCUT2D eigenvalue weighted by atomic mass is 9.49. The van der Waals surface area contributed by atoms with Crippen molar-refractivity contribution in [2.24, 2.45) is 23.2 Å². The lowest BCUT2D eigenvalue weighted by Gasteiger charge is -2.55. The molecule has 166 valence electrons. The van der Waals surface area contributed by atoms with Crippen molar-refractivity contribution in [3.05, 3.63) is 33.2 Å². The number of nitrogens with one attached hydrogen (secondary N) is 1. The number of carbonyl (C=O) groups excluding carboxylic acids is 2. The molecule has 1 N–H and O–H groups in total. The number of esters is 1. The number of rotatable bonds is 7. The Balaban J connectivity index is 1.06. The van der Waals surface area contributed by atoms with Gasteiger partial charge in [-0.05, 0) is 69.6 Å². The van der Waals surface area contributed by atoms with Crippen LogP contribution in [0.2, 0.25) is 0 Å². The van der Waals surface area contributed by atoms with Crippen LogP contribution in [0.25, 0.3) is 4.96 Å². The molecule has 8 heteroatoms. The van der Waals surface area contributed by atoms with Gasteiger partial charge < -0.3 is 10.1 Å². The van der Waals surface area contributed by atoms with E-state index in [2.05, 4.69) is 10.3 Å². The quantitative estimate of drug-likeness (QED) is 0.524. The summed E-state index contributed by atoms with van der Waals surface area (Å²) in [5, 5.41) is 4.97. The van der Waals surface area contributed by atoms with E-state index in [1.165, 1.54) is 36.7 Å². The van der Waals surface area contributed by atoms with Crippen molar-refractivity contribution in [2.75, 3.05) is 6.54 Å². The van der Waals surface area contributed by atoms with Crippen molar-refractivity contribution >= 4 is 28.2 Å². The van der Waals surface area contributed by atoms with E-state index >= 15 is 0 Å². The number of ether oxygens (including phenoxy) is 1. The van der Waals surface area contributed by atoms with Gasteiger partial charge in [0.1, 0.15) is 6.61 Å².